The van der Waals surface area contributed by atoms with Gasteiger partial charge in [0.1, 0.15) is 5.60 Å². The second-order valence-electron chi connectivity index (χ2n) is 12.6. The van der Waals surface area contributed by atoms with Crippen LogP contribution in [0, 0.1) is 17.3 Å². The largest absolute Gasteiger partial charge is 0.459 e. The van der Waals surface area contributed by atoms with Gasteiger partial charge in [-0.05, 0) is 68.3 Å². The SMILES string of the molecule is CC(C)(C)OC(=O)C(C)(C)COC[C@@H]1C[C@@H]1CO[Si](c1ccccc1)(c1ccccc1)C(C)(C)C. The summed E-state index contributed by atoms with van der Waals surface area (Å²) in [5, 5.41) is 2.60. The zero-order chi connectivity index (χ0) is 25.9. The Labute approximate surface area is 213 Å². The van der Waals surface area contributed by atoms with E-state index in [1.807, 2.05) is 34.6 Å². The van der Waals surface area contributed by atoms with E-state index in [1.54, 1.807) is 0 Å². The molecule has 0 amide bonds. The first-order chi connectivity index (χ1) is 16.3. The molecule has 4 nitrogen and oxygen atoms in total. The summed E-state index contributed by atoms with van der Waals surface area (Å²) < 4.78 is 18.6. The molecule has 1 fully saturated rings. The molecule has 0 heterocycles. The Bertz CT molecular complexity index is 918. The van der Waals surface area contributed by atoms with Crippen molar-refractivity contribution in [2.75, 3.05) is 19.8 Å². The highest BCUT2D eigenvalue weighted by molar-refractivity contribution is 6.99. The molecule has 0 aromatic heterocycles. The average Bonchev–Trinajstić information content (AvgIpc) is 3.51. The molecule has 1 saturated carbocycles. The van der Waals surface area contributed by atoms with Crippen molar-refractivity contribution >= 4 is 24.7 Å². The van der Waals surface area contributed by atoms with Crippen molar-refractivity contribution in [2.45, 2.75) is 72.5 Å². The van der Waals surface area contributed by atoms with Crippen molar-refractivity contribution in [1.82, 2.24) is 0 Å². The molecule has 35 heavy (non-hydrogen) atoms. The summed E-state index contributed by atoms with van der Waals surface area (Å²) in [7, 11) is -2.50. The van der Waals surface area contributed by atoms with Crippen molar-refractivity contribution in [3.05, 3.63) is 60.7 Å². The normalized spacial score (nSPS) is 18.9. The quantitative estimate of drug-likeness (QED) is 0.318. The maximum atomic E-state index is 12.5. The molecule has 192 valence electrons. The Morgan fingerprint density at radius 2 is 1.29 bits per heavy atom. The van der Waals surface area contributed by atoms with Gasteiger partial charge < -0.3 is 13.9 Å². The monoisotopic (exact) mass is 496 g/mol. The Kier molecular flexibility index (Phi) is 8.35. The van der Waals surface area contributed by atoms with Gasteiger partial charge in [-0.25, -0.2) is 0 Å². The lowest BCUT2D eigenvalue weighted by Crippen LogP contribution is -2.66. The first-order valence-electron chi connectivity index (χ1n) is 12.8. The van der Waals surface area contributed by atoms with Gasteiger partial charge in [0, 0.05) is 13.2 Å². The Hall–Kier alpha value is -1.95. The Morgan fingerprint density at radius 1 is 0.800 bits per heavy atom. The lowest BCUT2D eigenvalue weighted by Gasteiger charge is -2.43. The molecule has 1 aliphatic carbocycles. The molecular weight excluding hydrogens is 452 g/mol. The third-order valence-corrected chi connectivity index (χ3v) is 11.8. The summed E-state index contributed by atoms with van der Waals surface area (Å²) in [5.74, 6) is 0.747. The van der Waals surface area contributed by atoms with Crippen LogP contribution in [-0.2, 0) is 18.7 Å². The van der Waals surface area contributed by atoms with E-state index in [2.05, 4.69) is 81.4 Å². The standard InChI is InChI=1S/C30H44O4Si/c1-28(2,3)34-27(31)30(7,8)22-32-20-23-19-24(23)21-33-35(29(4,5)6,25-15-11-9-12-16-25)26-17-13-10-14-18-26/h9-18,23-24H,19-22H2,1-8H3/t23-,24+/m0/s1. The van der Waals surface area contributed by atoms with Crippen molar-refractivity contribution < 1.29 is 18.7 Å². The van der Waals surface area contributed by atoms with Crippen LogP contribution in [0.25, 0.3) is 0 Å². The third-order valence-electron chi connectivity index (χ3n) is 6.75. The molecule has 0 N–H and O–H groups in total. The minimum atomic E-state index is -2.50. The van der Waals surface area contributed by atoms with Crippen LogP contribution in [0.4, 0.5) is 0 Å². The highest BCUT2D eigenvalue weighted by Gasteiger charge is 2.51. The molecule has 0 bridgehead atoms. The van der Waals surface area contributed by atoms with Crippen molar-refractivity contribution in [1.29, 1.82) is 0 Å². The van der Waals surface area contributed by atoms with Gasteiger partial charge in [0.05, 0.1) is 12.0 Å². The van der Waals surface area contributed by atoms with Crippen molar-refractivity contribution in [2.24, 2.45) is 17.3 Å². The van der Waals surface area contributed by atoms with E-state index in [9.17, 15) is 4.79 Å². The summed E-state index contributed by atoms with van der Waals surface area (Å²) >= 11 is 0. The van der Waals surface area contributed by atoms with E-state index in [0.717, 1.165) is 13.0 Å². The highest BCUT2D eigenvalue weighted by Crippen LogP contribution is 2.42. The van der Waals surface area contributed by atoms with Crippen molar-refractivity contribution in [3.8, 4) is 0 Å². The highest BCUT2D eigenvalue weighted by atomic mass is 28.4. The first-order valence-corrected chi connectivity index (χ1v) is 14.7. The number of esters is 1. The molecule has 5 heteroatoms. The number of rotatable bonds is 10. The van der Waals surface area contributed by atoms with E-state index < -0.39 is 19.3 Å². The summed E-state index contributed by atoms with van der Waals surface area (Å²) in [6.45, 7) is 18.1. The van der Waals surface area contributed by atoms with Gasteiger partial charge in [0.25, 0.3) is 8.32 Å². The summed E-state index contributed by atoms with van der Waals surface area (Å²) in [4.78, 5) is 12.5. The fourth-order valence-corrected chi connectivity index (χ4v) is 9.27. The molecule has 2 aromatic rings. The molecule has 0 spiro atoms. The van der Waals surface area contributed by atoms with Gasteiger partial charge in [0.15, 0.2) is 0 Å². The van der Waals surface area contributed by atoms with E-state index in [4.69, 9.17) is 13.9 Å². The zero-order valence-corrected chi connectivity index (χ0v) is 23.9. The van der Waals surface area contributed by atoms with Crippen LogP contribution >= 0.6 is 0 Å². The summed E-state index contributed by atoms with van der Waals surface area (Å²) in [5.41, 5.74) is -1.16. The smallest absolute Gasteiger partial charge is 0.314 e. The Morgan fingerprint density at radius 3 is 1.74 bits per heavy atom. The topological polar surface area (TPSA) is 44.8 Å². The van der Waals surface area contributed by atoms with E-state index in [0.29, 0.717) is 25.0 Å². The number of hydrogen-bond donors (Lipinski definition) is 0. The van der Waals surface area contributed by atoms with E-state index in [-0.39, 0.29) is 11.0 Å². The van der Waals surface area contributed by atoms with Crippen molar-refractivity contribution in [3.63, 3.8) is 0 Å². The van der Waals surface area contributed by atoms with Crippen LogP contribution in [-0.4, -0.2) is 39.7 Å². The number of carbonyl (C=O) groups excluding carboxylic acids is 1. The first kappa shape index (κ1) is 27.6. The molecule has 0 unspecified atom stereocenters. The zero-order valence-electron chi connectivity index (χ0n) is 22.9. The minimum absolute atomic E-state index is 0.0198. The minimum Gasteiger partial charge on any atom is -0.459 e. The maximum Gasteiger partial charge on any atom is 0.314 e. The van der Waals surface area contributed by atoms with E-state index in [1.165, 1.54) is 10.4 Å². The predicted molar refractivity (Wildman–Crippen MR) is 146 cm³/mol. The predicted octanol–water partition coefficient (Wildman–Crippen LogP) is 5.58. The second-order valence-corrected chi connectivity index (χ2v) is 16.9. The third kappa shape index (κ3) is 6.84. The molecule has 0 aliphatic heterocycles. The van der Waals surface area contributed by atoms with Gasteiger partial charge in [-0.15, -0.1) is 0 Å². The maximum absolute atomic E-state index is 12.5. The van der Waals surface area contributed by atoms with Crippen LogP contribution in [0.3, 0.4) is 0 Å². The summed E-state index contributed by atoms with van der Waals surface area (Å²) in [6.07, 6.45) is 1.10. The van der Waals surface area contributed by atoms with Gasteiger partial charge in [-0.1, -0.05) is 81.4 Å². The lowest BCUT2D eigenvalue weighted by molar-refractivity contribution is -0.169. The lowest BCUT2D eigenvalue weighted by atomic mass is 9.94. The fraction of sp³-hybridized carbons (Fsp3) is 0.567. The van der Waals surface area contributed by atoms with Crippen LogP contribution in [0.15, 0.2) is 60.7 Å². The number of benzene rings is 2. The summed E-state index contributed by atoms with van der Waals surface area (Å²) in [6, 6.07) is 21.6. The number of ether oxygens (including phenoxy) is 2. The van der Waals surface area contributed by atoms with Gasteiger partial charge in [0.2, 0.25) is 0 Å². The molecular formula is C30H44O4Si. The molecule has 1 aliphatic rings. The van der Waals surface area contributed by atoms with Gasteiger partial charge in [-0.2, -0.15) is 0 Å². The number of carbonyl (C=O) groups is 1. The van der Waals surface area contributed by atoms with Crippen LogP contribution < -0.4 is 10.4 Å². The fourth-order valence-electron chi connectivity index (χ4n) is 4.65. The van der Waals surface area contributed by atoms with Crippen LogP contribution in [0.5, 0.6) is 0 Å². The molecule has 2 aromatic carbocycles. The molecule has 2 atom stereocenters. The van der Waals surface area contributed by atoms with E-state index >= 15 is 0 Å². The van der Waals surface area contributed by atoms with Gasteiger partial charge in [-0.3, -0.25) is 4.79 Å². The Balaban J connectivity index is 1.64. The van der Waals surface area contributed by atoms with Gasteiger partial charge >= 0.3 is 5.97 Å². The average molecular weight is 497 g/mol. The second kappa shape index (κ2) is 10.6. The number of hydrogen-bond acceptors (Lipinski definition) is 4. The van der Waals surface area contributed by atoms with Crippen LogP contribution in [0.2, 0.25) is 5.04 Å². The molecule has 3 rings (SSSR count). The van der Waals surface area contributed by atoms with Crippen LogP contribution in [0.1, 0.15) is 61.8 Å². The molecule has 0 saturated heterocycles. The molecule has 0 radical (unpaired) electrons.